The lowest BCUT2D eigenvalue weighted by Gasteiger charge is -2.09. The van der Waals surface area contributed by atoms with Gasteiger partial charge in [0, 0.05) is 13.0 Å². The summed E-state index contributed by atoms with van der Waals surface area (Å²) in [7, 11) is 0. The van der Waals surface area contributed by atoms with Crippen LogP contribution in [0.2, 0.25) is 0 Å². The fourth-order valence-electron chi connectivity index (χ4n) is 1.24. The van der Waals surface area contributed by atoms with Crippen molar-refractivity contribution in [2.45, 2.75) is 18.2 Å². The third-order valence-corrected chi connectivity index (χ3v) is 2.54. The van der Waals surface area contributed by atoms with Gasteiger partial charge in [-0.25, -0.2) is 0 Å². The molecule has 1 N–H and O–H groups in total. The van der Waals surface area contributed by atoms with Crippen LogP contribution in [0.3, 0.4) is 0 Å². The zero-order chi connectivity index (χ0) is 11.8. The Kier molecular flexibility index (Phi) is 5.38. The molecule has 1 atom stereocenters. The normalized spacial score (nSPS) is 11.5. The Morgan fingerprint density at radius 2 is 2.12 bits per heavy atom. The lowest BCUT2D eigenvalue weighted by molar-refractivity contribution is -0.120. The molecule has 0 aliphatic heterocycles. The van der Waals surface area contributed by atoms with Crippen LogP contribution in [0.5, 0.6) is 0 Å². The summed E-state index contributed by atoms with van der Waals surface area (Å²) in [4.78, 5) is 11.6. The van der Waals surface area contributed by atoms with E-state index in [9.17, 15) is 4.79 Å². The molecule has 1 amide bonds. The van der Waals surface area contributed by atoms with Gasteiger partial charge in [-0.05, 0) is 12.0 Å². The maximum absolute atomic E-state index is 11.6. The van der Waals surface area contributed by atoms with E-state index in [0.717, 1.165) is 5.56 Å². The summed E-state index contributed by atoms with van der Waals surface area (Å²) < 4.78 is 0. The van der Waals surface area contributed by atoms with Crippen molar-refractivity contribution in [3.63, 3.8) is 0 Å². The number of carbonyl (C=O) groups is 1. The van der Waals surface area contributed by atoms with Crippen LogP contribution in [0.4, 0.5) is 0 Å². The Hall–Kier alpha value is -1.53. The molecule has 1 aromatic rings. The van der Waals surface area contributed by atoms with Crippen LogP contribution in [-0.2, 0) is 4.79 Å². The van der Waals surface area contributed by atoms with E-state index in [1.54, 1.807) is 0 Å². The molecule has 0 radical (unpaired) electrons. The third kappa shape index (κ3) is 3.92. The Bertz CT molecular complexity index is 372. The van der Waals surface area contributed by atoms with Crippen molar-refractivity contribution in [3.8, 4) is 6.07 Å². The number of hydrogen-bond acceptors (Lipinski definition) is 2. The number of hydrogen-bond donors (Lipinski definition) is 1. The number of benzene rings is 1. The summed E-state index contributed by atoms with van der Waals surface area (Å²) >= 11 is 5.99. The third-order valence-electron chi connectivity index (χ3n) is 2.09. The van der Waals surface area contributed by atoms with Crippen LogP contribution < -0.4 is 5.32 Å². The minimum Gasteiger partial charge on any atom is -0.354 e. The molecule has 0 aliphatic carbocycles. The highest BCUT2D eigenvalue weighted by Crippen LogP contribution is 2.19. The smallest absolute Gasteiger partial charge is 0.242 e. The molecule has 0 spiro atoms. The number of amides is 1. The van der Waals surface area contributed by atoms with E-state index >= 15 is 0 Å². The lowest BCUT2D eigenvalue weighted by Crippen LogP contribution is -2.27. The average Bonchev–Trinajstić information content (AvgIpc) is 2.34. The molecule has 1 unspecified atom stereocenters. The number of nitrogens with one attached hydrogen (secondary N) is 1. The van der Waals surface area contributed by atoms with Crippen molar-refractivity contribution in [2.24, 2.45) is 0 Å². The number of carbonyl (C=O) groups excluding carboxylic acids is 1. The van der Waals surface area contributed by atoms with Gasteiger partial charge in [0.25, 0.3) is 0 Å². The second-order valence-corrected chi connectivity index (χ2v) is 3.76. The summed E-state index contributed by atoms with van der Waals surface area (Å²) in [5.74, 6) is -0.217. The number of rotatable bonds is 5. The van der Waals surface area contributed by atoms with Gasteiger partial charge in [0.1, 0.15) is 5.38 Å². The van der Waals surface area contributed by atoms with E-state index in [-0.39, 0.29) is 5.91 Å². The standard InChI is InChI=1S/C12H13ClN2O/c13-11(10-6-2-1-3-7-10)12(16)15-9-5-4-8-14/h1-3,6-7,11H,4-5,9H2,(H,15,16). The molecule has 0 fully saturated rings. The van der Waals surface area contributed by atoms with E-state index in [1.807, 2.05) is 36.4 Å². The highest BCUT2D eigenvalue weighted by molar-refractivity contribution is 6.30. The van der Waals surface area contributed by atoms with Gasteiger partial charge in [-0.3, -0.25) is 4.79 Å². The number of nitrogens with zero attached hydrogens (tertiary/aromatic N) is 1. The molecule has 1 aromatic carbocycles. The lowest BCUT2D eigenvalue weighted by atomic mass is 10.1. The Morgan fingerprint density at radius 3 is 2.75 bits per heavy atom. The van der Waals surface area contributed by atoms with E-state index < -0.39 is 5.38 Å². The van der Waals surface area contributed by atoms with Crippen molar-refractivity contribution < 1.29 is 4.79 Å². The van der Waals surface area contributed by atoms with E-state index in [0.29, 0.717) is 19.4 Å². The van der Waals surface area contributed by atoms with Gasteiger partial charge in [0.05, 0.1) is 6.07 Å². The molecule has 0 saturated heterocycles. The second-order valence-electron chi connectivity index (χ2n) is 3.33. The zero-order valence-electron chi connectivity index (χ0n) is 8.82. The molecule has 0 aliphatic rings. The molecule has 3 nitrogen and oxygen atoms in total. The highest BCUT2D eigenvalue weighted by Gasteiger charge is 2.16. The van der Waals surface area contributed by atoms with Gasteiger partial charge in [-0.2, -0.15) is 5.26 Å². The maximum Gasteiger partial charge on any atom is 0.242 e. The molecule has 84 valence electrons. The van der Waals surface area contributed by atoms with Crippen molar-refractivity contribution in [2.75, 3.05) is 6.54 Å². The molecular formula is C12H13ClN2O. The molecule has 16 heavy (non-hydrogen) atoms. The molecule has 0 saturated carbocycles. The largest absolute Gasteiger partial charge is 0.354 e. The van der Waals surface area contributed by atoms with Gasteiger partial charge < -0.3 is 5.32 Å². The van der Waals surface area contributed by atoms with Crippen LogP contribution in [0.1, 0.15) is 23.8 Å². The average molecular weight is 237 g/mol. The predicted molar refractivity (Wildman–Crippen MR) is 62.9 cm³/mol. The monoisotopic (exact) mass is 236 g/mol. The summed E-state index contributed by atoms with van der Waals surface area (Å²) in [6.45, 7) is 0.489. The van der Waals surface area contributed by atoms with E-state index in [4.69, 9.17) is 16.9 Å². The molecule has 1 rings (SSSR count). The molecule has 0 heterocycles. The van der Waals surface area contributed by atoms with Crippen molar-refractivity contribution in [1.29, 1.82) is 5.26 Å². The topological polar surface area (TPSA) is 52.9 Å². The summed E-state index contributed by atoms with van der Waals surface area (Å²) in [5, 5.41) is 10.4. The Balaban J connectivity index is 2.40. The first kappa shape index (κ1) is 12.5. The molecule has 0 aromatic heterocycles. The first-order valence-electron chi connectivity index (χ1n) is 5.09. The highest BCUT2D eigenvalue weighted by atomic mass is 35.5. The summed E-state index contributed by atoms with van der Waals surface area (Å²) in [5.41, 5.74) is 0.780. The first-order valence-corrected chi connectivity index (χ1v) is 5.53. The van der Waals surface area contributed by atoms with Gasteiger partial charge >= 0.3 is 0 Å². The molecule has 0 bridgehead atoms. The minimum absolute atomic E-state index is 0.217. The van der Waals surface area contributed by atoms with Crippen LogP contribution in [0.15, 0.2) is 30.3 Å². The predicted octanol–water partition coefficient (Wildman–Crippen LogP) is 2.39. The molecule has 4 heteroatoms. The van der Waals surface area contributed by atoms with Gasteiger partial charge in [0.2, 0.25) is 5.91 Å². The van der Waals surface area contributed by atoms with Crippen LogP contribution >= 0.6 is 11.6 Å². The van der Waals surface area contributed by atoms with Crippen molar-refractivity contribution >= 4 is 17.5 Å². The number of nitriles is 1. The summed E-state index contributed by atoms with van der Waals surface area (Å²) in [6.07, 6.45) is 1.10. The van der Waals surface area contributed by atoms with Crippen molar-refractivity contribution in [1.82, 2.24) is 5.32 Å². The fraction of sp³-hybridized carbons (Fsp3) is 0.333. The molecular weight excluding hydrogens is 224 g/mol. The summed E-state index contributed by atoms with van der Waals surface area (Å²) in [6, 6.07) is 11.2. The number of alkyl halides is 1. The van der Waals surface area contributed by atoms with E-state index in [1.165, 1.54) is 0 Å². The van der Waals surface area contributed by atoms with Gasteiger partial charge in [0.15, 0.2) is 0 Å². The SMILES string of the molecule is N#CCCCNC(=O)C(Cl)c1ccccc1. The quantitative estimate of drug-likeness (QED) is 0.631. The zero-order valence-corrected chi connectivity index (χ0v) is 9.57. The second kappa shape index (κ2) is 6.86. The van der Waals surface area contributed by atoms with Crippen molar-refractivity contribution in [3.05, 3.63) is 35.9 Å². The van der Waals surface area contributed by atoms with Gasteiger partial charge in [-0.1, -0.05) is 30.3 Å². The van der Waals surface area contributed by atoms with E-state index in [2.05, 4.69) is 5.32 Å². The van der Waals surface area contributed by atoms with Crippen LogP contribution in [-0.4, -0.2) is 12.5 Å². The minimum atomic E-state index is -0.664. The van der Waals surface area contributed by atoms with Crippen LogP contribution in [0, 0.1) is 11.3 Å². The number of unbranched alkanes of at least 4 members (excludes halogenated alkanes) is 1. The fourth-order valence-corrected chi connectivity index (χ4v) is 1.46. The Labute approximate surface area is 100 Å². The maximum atomic E-state index is 11.6. The van der Waals surface area contributed by atoms with Crippen LogP contribution in [0.25, 0.3) is 0 Å². The van der Waals surface area contributed by atoms with Gasteiger partial charge in [-0.15, -0.1) is 11.6 Å². The Morgan fingerprint density at radius 1 is 1.44 bits per heavy atom. The number of halogens is 1. The first-order chi connectivity index (χ1) is 7.75.